The van der Waals surface area contributed by atoms with Gasteiger partial charge in [-0.05, 0) is 37.6 Å². The molecule has 1 aliphatic rings. The Bertz CT molecular complexity index is 475. The first-order valence-corrected chi connectivity index (χ1v) is 6.92. The van der Waals surface area contributed by atoms with Gasteiger partial charge in [-0.1, -0.05) is 11.6 Å². The summed E-state index contributed by atoms with van der Waals surface area (Å²) in [7, 11) is 1.65. The lowest BCUT2D eigenvalue weighted by atomic mass is 10.1. The highest BCUT2D eigenvalue weighted by Crippen LogP contribution is 2.29. The van der Waals surface area contributed by atoms with Gasteiger partial charge in [0.1, 0.15) is 6.61 Å². The molecule has 1 aromatic rings. The molecule has 1 aromatic carbocycles. The Morgan fingerprint density at radius 1 is 1.35 bits per heavy atom. The maximum Gasteiger partial charge on any atom is 0.161 e. The second kappa shape index (κ2) is 6.77. The van der Waals surface area contributed by atoms with Crippen LogP contribution in [0.1, 0.15) is 19.4 Å². The lowest BCUT2D eigenvalue weighted by Crippen LogP contribution is -2.49. The van der Waals surface area contributed by atoms with Crippen LogP contribution in [0.5, 0.6) is 11.5 Å². The highest BCUT2D eigenvalue weighted by molar-refractivity contribution is 5.43. The summed E-state index contributed by atoms with van der Waals surface area (Å²) in [5.41, 5.74) is 2.40. The van der Waals surface area contributed by atoms with Gasteiger partial charge in [0.15, 0.2) is 11.5 Å². The Hall–Kier alpha value is -1.52. The van der Waals surface area contributed by atoms with Crippen LogP contribution in [-0.4, -0.2) is 42.9 Å². The number of aliphatic hydroxyl groups is 1. The molecule has 0 saturated carbocycles. The molecule has 1 aliphatic heterocycles. The molecule has 0 unspecified atom stereocenters. The number of likely N-dealkylation sites (tertiary alicyclic amines) is 1. The van der Waals surface area contributed by atoms with Crippen molar-refractivity contribution in [1.29, 1.82) is 0 Å². The van der Waals surface area contributed by atoms with Crippen molar-refractivity contribution in [3.63, 3.8) is 0 Å². The molecular formula is C16H23NO3. The fraction of sp³-hybridized carbons (Fsp3) is 0.500. The van der Waals surface area contributed by atoms with Crippen molar-refractivity contribution >= 4 is 0 Å². The van der Waals surface area contributed by atoms with E-state index in [-0.39, 0.29) is 6.10 Å². The van der Waals surface area contributed by atoms with Gasteiger partial charge in [-0.25, -0.2) is 0 Å². The normalized spacial score (nSPS) is 15.6. The first-order chi connectivity index (χ1) is 9.58. The van der Waals surface area contributed by atoms with Gasteiger partial charge in [-0.15, -0.1) is 0 Å². The average molecular weight is 277 g/mol. The van der Waals surface area contributed by atoms with Crippen LogP contribution in [0.2, 0.25) is 0 Å². The second-order valence-corrected chi connectivity index (χ2v) is 5.43. The van der Waals surface area contributed by atoms with Crippen LogP contribution in [-0.2, 0) is 6.54 Å². The monoisotopic (exact) mass is 277 g/mol. The smallest absolute Gasteiger partial charge is 0.161 e. The Morgan fingerprint density at radius 3 is 2.70 bits per heavy atom. The molecule has 110 valence electrons. The third-order valence-electron chi connectivity index (χ3n) is 3.30. The predicted molar refractivity (Wildman–Crippen MR) is 79.2 cm³/mol. The van der Waals surface area contributed by atoms with Crippen LogP contribution in [0, 0.1) is 0 Å². The van der Waals surface area contributed by atoms with Crippen LogP contribution < -0.4 is 9.47 Å². The lowest BCUT2D eigenvalue weighted by Gasteiger charge is -2.35. The Kier molecular flexibility index (Phi) is 5.04. The molecule has 0 bridgehead atoms. The lowest BCUT2D eigenvalue weighted by molar-refractivity contribution is -0.00289. The number of hydrogen-bond donors (Lipinski definition) is 1. The quantitative estimate of drug-likeness (QED) is 0.810. The molecule has 1 N–H and O–H groups in total. The molecule has 0 aliphatic carbocycles. The zero-order valence-electron chi connectivity index (χ0n) is 12.4. The summed E-state index contributed by atoms with van der Waals surface area (Å²) in [6.45, 7) is 6.98. The van der Waals surface area contributed by atoms with Crippen LogP contribution in [0.15, 0.2) is 29.8 Å². The molecule has 0 atom stereocenters. The standard InChI is InChI=1S/C16H23NO3/c1-12(2)6-7-20-15-5-4-13(8-16(15)19-3)9-17-10-14(18)11-17/h4-6,8,14,18H,7,9-11H2,1-3H3. The third-order valence-corrected chi connectivity index (χ3v) is 3.30. The summed E-state index contributed by atoms with van der Waals surface area (Å²) in [6, 6.07) is 6.00. The Balaban J connectivity index is 1.98. The van der Waals surface area contributed by atoms with E-state index < -0.39 is 0 Å². The minimum atomic E-state index is -0.163. The number of ether oxygens (including phenoxy) is 2. The highest BCUT2D eigenvalue weighted by Gasteiger charge is 2.24. The molecule has 1 saturated heterocycles. The molecule has 0 radical (unpaired) electrons. The van der Waals surface area contributed by atoms with E-state index in [0.29, 0.717) is 6.61 Å². The van der Waals surface area contributed by atoms with Crippen LogP contribution in [0.25, 0.3) is 0 Å². The van der Waals surface area contributed by atoms with E-state index in [1.54, 1.807) is 7.11 Å². The minimum absolute atomic E-state index is 0.163. The van der Waals surface area contributed by atoms with Crippen LogP contribution in [0.3, 0.4) is 0 Å². The van der Waals surface area contributed by atoms with E-state index in [1.165, 1.54) is 11.1 Å². The maximum absolute atomic E-state index is 9.29. The van der Waals surface area contributed by atoms with Gasteiger partial charge < -0.3 is 14.6 Å². The summed E-state index contributed by atoms with van der Waals surface area (Å²) in [5, 5.41) is 9.29. The summed E-state index contributed by atoms with van der Waals surface area (Å²) in [4.78, 5) is 2.20. The zero-order chi connectivity index (χ0) is 14.5. The first-order valence-electron chi connectivity index (χ1n) is 6.92. The van der Waals surface area contributed by atoms with Gasteiger partial charge in [-0.2, -0.15) is 0 Å². The Labute approximate surface area is 120 Å². The molecule has 2 rings (SSSR count). The Morgan fingerprint density at radius 2 is 2.10 bits per heavy atom. The molecule has 20 heavy (non-hydrogen) atoms. The maximum atomic E-state index is 9.29. The molecule has 0 amide bonds. The number of methoxy groups -OCH3 is 1. The van der Waals surface area contributed by atoms with E-state index in [0.717, 1.165) is 31.1 Å². The molecule has 0 spiro atoms. The molecule has 4 heteroatoms. The van der Waals surface area contributed by atoms with Gasteiger partial charge >= 0.3 is 0 Å². The van der Waals surface area contributed by atoms with Crippen LogP contribution in [0.4, 0.5) is 0 Å². The van der Waals surface area contributed by atoms with Gasteiger partial charge in [0.25, 0.3) is 0 Å². The fourth-order valence-corrected chi connectivity index (χ4v) is 2.16. The van der Waals surface area contributed by atoms with E-state index in [1.807, 2.05) is 38.1 Å². The number of aliphatic hydroxyl groups excluding tert-OH is 1. The average Bonchev–Trinajstić information content (AvgIpc) is 2.38. The van der Waals surface area contributed by atoms with Crippen molar-refractivity contribution in [2.24, 2.45) is 0 Å². The van der Waals surface area contributed by atoms with Gasteiger partial charge in [0.05, 0.1) is 13.2 Å². The van der Waals surface area contributed by atoms with Crippen LogP contribution >= 0.6 is 0 Å². The highest BCUT2D eigenvalue weighted by atomic mass is 16.5. The van der Waals surface area contributed by atoms with E-state index in [2.05, 4.69) is 4.90 Å². The summed E-state index contributed by atoms with van der Waals surface area (Å²) >= 11 is 0. The van der Waals surface area contributed by atoms with Crippen molar-refractivity contribution in [2.45, 2.75) is 26.5 Å². The number of β-amino-alcohol motifs (C(OH)–C–C–N with tert-alkyl or cyclic N) is 1. The van der Waals surface area contributed by atoms with Crippen molar-refractivity contribution < 1.29 is 14.6 Å². The van der Waals surface area contributed by atoms with Crippen molar-refractivity contribution in [3.8, 4) is 11.5 Å². The SMILES string of the molecule is COc1cc(CN2CC(O)C2)ccc1OCC=C(C)C. The largest absolute Gasteiger partial charge is 0.493 e. The topological polar surface area (TPSA) is 41.9 Å². The van der Waals surface area contributed by atoms with Crippen molar-refractivity contribution in [3.05, 3.63) is 35.4 Å². The molecule has 0 aromatic heterocycles. The summed E-state index contributed by atoms with van der Waals surface area (Å²) < 4.78 is 11.1. The second-order valence-electron chi connectivity index (χ2n) is 5.43. The molecular weight excluding hydrogens is 254 g/mol. The van der Waals surface area contributed by atoms with Crippen molar-refractivity contribution in [1.82, 2.24) is 4.90 Å². The molecule has 1 fully saturated rings. The summed E-state index contributed by atoms with van der Waals surface area (Å²) in [5.74, 6) is 1.52. The fourth-order valence-electron chi connectivity index (χ4n) is 2.16. The number of hydrogen-bond acceptors (Lipinski definition) is 4. The first kappa shape index (κ1) is 14.9. The number of benzene rings is 1. The molecule has 4 nitrogen and oxygen atoms in total. The van der Waals surface area contributed by atoms with E-state index in [9.17, 15) is 5.11 Å². The predicted octanol–water partition coefficient (Wildman–Crippen LogP) is 2.22. The summed E-state index contributed by atoms with van der Waals surface area (Å²) in [6.07, 6.45) is 1.87. The molecule has 1 heterocycles. The van der Waals surface area contributed by atoms with E-state index >= 15 is 0 Å². The minimum Gasteiger partial charge on any atom is -0.493 e. The van der Waals surface area contributed by atoms with Gasteiger partial charge in [0, 0.05) is 19.6 Å². The zero-order valence-corrected chi connectivity index (χ0v) is 12.4. The van der Waals surface area contributed by atoms with Gasteiger partial charge in [0.2, 0.25) is 0 Å². The van der Waals surface area contributed by atoms with Crippen molar-refractivity contribution in [2.75, 3.05) is 26.8 Å². The number of nitrogens with zero attached hydrogens (tertiary/aromatic N) is 1. The number of rotatable bonds is 6. The number of allylic oxidation sites excluding steroid dienone is 1. The van der Waals surface area contributed by atoms with Gasteiger partial charge in [-0.3, -0.25) is 4.90 Å². The third kappa shape index (κ3) is 3.99. The van der Waals surface area contributed by atoms with E-state index in [4.69, 9.17) is 9.47 Å².